The van der Waals surface area contributed by atoms with Crippen molar-refractivity contribution >= 4 is 22.5 Å². The standard InChI is InChI=1S/C31H32N2O2/c1-18-14-19(2)27(20(3)15-18)30(35)33-29(32)26-17-22(31(4,5)6)16-25(28(26)34)24-13-9-11-21-10-7-8-12-23(21)24/h7-17,34H,1-6H3,(H2,32,33,35). The zero-order valence-corrected chi connectivity index (χ0v) is 21.2. The first-order valence-corrected chi connectivity index (χ1v) is 11.8. The average Bonchev–Trinajstić information content (AvgIpc) is 2.77. The van der Waals surface area contributed by atoms with E-state index in [9.17, 15) is 9.90 Å². The molecule has 4 rings (SSSR count). The first-order chi connectivity index (χ1) is 16.5. The lowest BCUT2D eigenvalue weighted by atomic mass is 9.83. The molecule has 1 amide bonds. The first kappa shape index (κ1) is 24.2. The zero-order chi connectivity index (χ0) is 25.5. The minimum atomic E-state index is -0.350. The van der Waals surface area contributed by atoms with E-state index < -0.39 is 0 Å². The molecule has 4 heteroatoms. The summed E-state index contributed by atoms with van der Waals surface area (Å²) in [6.07, 6.45) is 0. The number of phenols is 1. The van der Waals surface area contributed by atoms with Gasteiger partial charge in [-0.2, -0.15) is 0 Å². The summed E-state index contributed by atoms with van der Waals surface area (Å²) in [5.74, 6) is -0.492. The van der Waals surface area contributed by atoms with Gasteiger partial charge in [0.05, 0.1) is 5.56 Å². The van der Waals surface area contributed by atoms with Crippen molar-refractivity contribution in [2.24, 2.45) is 0 Å². The molecule has 35 heavy (non-hydrogen) atoms. The quantitative estimate of drug-likeness (QED) is 0.222. The molecule has 0 unspecified atom stereocenters. The van der Waals surface area contributed by atoms with Crippen molar-refractivity contribution in [1.82, 2.24) is 5.32 Å². The van der Waals surface area contributed by atoms with Gasteiger partial charge in [0.1, 0.15) is 11.6 Å². The molecule has 0 aliphatic heterocycles. The maximum absolute atomic E-state index is 13.2. The predicted molar refractivity (Wildman–Crippen MR) is 145 cm³/mol. The molecule has 0 radical (unpaired) electrons. The van der Waals surface area contributed by atoms with E-state index in [1.54, 1.807) is 6.07 Å². The Morgan fingerprint density at radius 1 is 0.857 bits per heavy atom. The third kappa shape index (κ3) is 4.69. The Morgan fingerprint density at radius 3 is 2.14 bits per heavy atom. The minimum absolute atomic E-state index is 0.0167. The molecule has 0 aromatic heterocycles. The van der Waals surface area contributed by atoms with Crippen LogP contribution < -0.4 is 5.32 Å². The Balaban J connectivity index is 1.84. The Kier molecular flexibility index (Phi) is 6.25. The molecule has 0 bridgehead atoms. The van der Waals surface area contributed by atoms with Crippen molar-refractivity contribution in [3.63, 3.8) is 0 Å². The summed E-state index contributed by atoms with van der Waals surface area (Å²) in [6.45, 7) is 12.1. The van der Waals surface area contributed by atoms with E-state index in [0.717, 1.165) is 38.6 Å². The van der Waals surface area contributed by atoms with Crippen LogP contribution in [0.5, 0.6) is 5.75 Å². The van der Waals surface area contributed by atoms with Crippen molar-refractivity contribution < 1.29 is 9.90 Å². The second-order valence-electron chi connectivity index (χ2n) is 10.3. The Hall–Kier alpha value is -3.92. The number of hydrogen-bond acceptors (Lipinski definition) is 3. The third-order valence-electron chi connectivity index (χ3n) is 6.47. The van der Waals surface area contributed by atoms with Crippen molar-refractivity contribution in [1.29, 1.82) is 5.41 Å². The molecule has 178 valence electrons. The van der Waals surface area contributed by atoms with E-state index in [1.807, 2.05) is 81.4 Å². The Labute approximate surface area is 207 Å². The summed E-state index contributed by atoms with van der Waals surface area (Å²) in [5.41, 5.74) is 5.93. The van der Waals surface area contributed by atoms with Crippen LogP contribution in [0.1, 0.15) is 58.9 Å². The van der Waals surface area contributed by atoms with Crippen LogP contribution in [0.3, 0.4) is 0 Å². The number of aromatic hydroxyl groups is 1. The molecule has 0 aliphatic carbocycles. The van der Waals surface area contributed by atoms with Crippen molar-refractivity contribution in [2.75, 3.05) is 0 Å². The van der Waals surface area contributed by atoms with E-state index >= 15 is 0 Å². The van der Waals surface area contributed by atoms with Crippen LogP contribution in [0.2, 0.25) is 0 Å². The highest BCUT2D eigenvalue weighted by atomic mass is 16.3. The fourth-order valence-electron chi connectivity index (χ4n) is 4.71. The molecule has 0 fully saturated rings. The van der Waals surface area contributed by atoms with Gasteiger partial charge in [0.2, 0.25) is 0 Å². The van der Waals surface area contributed by atoms with Crippen LogP contribution in [-0.4, -0.2) is 16.8 Å². The molecule has 4 aromatic carbocycles. The fourth-order valence-corrected chi connectivity index (χ4v) is 4.71. The number of carbonyl (C=O) groups excluding carboxylic acids is 1. The molecule has 0 heterocycles. The fraction of sp³-hybridized carbons (Fsp3) is 0.226. The van der Waals surface area contributed by atoms with Gasteiger partial charge in [-0.15, -0.1) is 0 Å². The molecular formula is C31H32N2O2. The summed E-state index contributed by atoms with van der Waals surface area (Å²) in [7, 11) is 0. The van der Waals surface area contributed by atoms with Crippen molar-refractivity contribution in [3.8, 4) is 16.9 Å². The van der Waals surface area contributed by atoms with Crippen molar-refractivity contribution in [3.05, 3.63) is 100 Å². The molecule has 0 saturated heterocycles. The van der Waals surface area contributed by atoms with E-state index in [2.05, 4.69) is 26.1 Å². The second-order valence-corrected chi connectivity index (χ2v) is 10.3. The van der Waals surface area contributed by atoms with E-state index in [4.69, 9.17) is 5.41 Å². The number of hydrogen-bond donors (Lipinski definition) is 3. The Bertz CT molecular complexity index is 1450. The van der Waals surface area contributed by atoms with Gasteiger partial charge < -0.3 is 10.4 Å². The highest BCUT2D eigenvalue weighted by Gasteiger charge is 2.24. The zero-order valence-electron chi connectivity index (χ0n) is 21.2. The molecule has 0 aliphatic rings. The van der Waals surface area contributed by atoms with Gasteiger partial charge in [-0.05, 0) is 71.3 Å². The number of fused-ring (bicyclic) bond motifs is 1. The van der Waals surface area contributed by atoms with Crippen LogP contribution >= 0.6 is 0 Å². The number of rotatable bonds is 3. The molecular weight excluding hydrogens is 432 g/mol. The van der Waals surface area contributed by atoms with Crippen LogP contribution in [0.4, 0.5) is 0 Å². The Morgan fingerprint density at radius 2 is 1.49 bits per heavy atom. The highest BCUT2D eigenvalue weighted by molar-refractivity contribution is 6.14. The lowest BCUT2D eigenvalue weighted by Gasteiger charge is -2.23. The van der Waals surface area contributed by atoms with Crippen LogP contribution in [0, 0.1) is 26.2 Å². The largest absolute Gasteiger partial charge is 0.507 e. The van der Waals surface area contributed by atoms with Gasteiger partial charge in [-0.1, -0.05) is 80.9 Å². The average molecular weight is 465 g/mol. The number of aryl methyl sites for hydroxylation is 3. The topological polar surface area (TPSA) is 73.2 Å². The van der Waals surface area contributed by atoms with Crippen molar-refractivity contribution in [2.45, 2.75) is 47.0 Å². The summed E-state index contributed by atoms with van der Waals surface area (Å²) in [5, 5.41) is 25.0. The van der Waals surface area contributed by atoms with Crippen LogP contribution in [0.15, 0.2) is 66.7 Å². The summed E-state index contributed by atoms with van der Waals surface area (Å²) in [4.78, 5) is 13.2. The molecule has 0 spiro atoms. The number of carbonyl (C=O) groups is 1. The summed E-state index contributed by atoms with van der Waals surface area (Å²) >= 11 is 0. The number of nitrogens with one attached hydrogen (secondary N) is 2. The molecule has 4 nitrogen and oxygen atoms in total. The lowest BCUT2D eigenvalue weighted by molar-refractivity contribution is 0.0976. The van der Waals surface area contributed by atoms with E-state index in [0.29, 0.717) is 16.7 Å². The number of benzene rings is 4. The molecule has 0 saturated carbocycles. The predicted octanol–water partition coefficient (Wildman–Crippen LogP) is 7.19. The summed E-state index contributed by atoms with van der Waals surface area (Å²) in [6, 6.07) is 21.7. The first-order valence-electron chi connectivity index (χ1n) is 11.8. The van der Waals surface area contributed by atoms with E-state index in [-0.39, 0.29) is 22.9 Å². The number of amides is 1. The highest BCUT2D eigenvalue weighted by Crippen LogP contribution is 2.40. The second kappa shape index (κ2) is 9.03. The number of phenolic OH excluding ortho intramolecular Hbond substituents is 1. The number of amidine groups is 1. The van der Waals surface area contributed by atoms with Gasteiger partial charge in [-0.25, -0.2) is 0 Å². The smallest absolute Gasteiger partial charge is 0.257 e. The van der Waals surface area contributed by atoms with Gasteiger partial charge in [-0.3, -0.25) is 10.2 Å². The lowest BCUT2D eigenvalue weighted by Crippen LogP contribution is -2.32. The molecule has 4 aromatic rings. The molecule has 0 atom stereocenters. The SMILES string of the molecule is Cc1cc(C)c(C(=O)NC(=N)c2cc(C(C)(C)C)cc(-c3cccc4ccccc34)c2O)c(C)c1. The maximum atomic E-state index is 13.2. The van der Waals surface area contributed by atoms with Gasteiger partial charge in [0.25, 0.3) is 5.91 Å². The van der Waals surface area contributed by atoms with Gasteiger partial charge in [0.15, 0.2) is 0 Å². The molecule has 3 N–H and O–H groups in total. The van der Waals surface area contributed by atoms with Crippen LogP contribution in [-0.2, 0) is 5.41 Å². The minimum Gasteiger partial charge on any atom is -0.507 e. The summed E-state index contributed by atoms with van der Waals surface area (Å²) < 4.78 is 0. The van der Waals surface area contributed by atoms with Gasteiger partial charge in [0, 0.05) is 11.1 Å². The van der Waals surface area contributed by atoms with Crippen LogP contribution in [0.25, 0.3) is 21.9 Å². The van der Waals surface area contributed by atoms with E-state index in [1.165, 1.54) is 0 Å². The normalized spacial score (nSPS) is 11.5. The maximum Gasteiger partial charge on any atom is 0.257 e. The third-order valence-corrected chi connectivity index (χ3v) is 6.47. The van der Waals surface area contributed by atoms with Gasteiger partial charge >= 0.3 is 0 Å². The monoisotopic (exact) mass is 464 g/mol.